The third-order valence-electron chi connectivity index (χ3n) is 1.43. The van der Waals surface area contributed by atoms with E-state index in [0.29, 0.717) is 14.1 Å². The Bertz CT molecular complexity index is 250. The van der Waals surface area contributed by atoms with Crippen LogP contribution in [0, 0.1) is 0 Å². The van der Waals surface area contributed by atoms with Crippen molar-refractivity contribution >= 4 is 18.1 Å². The quantitative estimate of drug-likeness (QED) is 0.428. The summed E-state index contributed by atoms with van der Waals surface area (Å²) in [5.41, 5.74) is 0. The molecule has 0 saturated heterocycles. The predicted octanol–water partition coefficient (Wildman–Crippen LogP) is 4.20. The van der Waals surface area contributed by atoms with Crippen LogP contribution in [0.4, 0.5) is 34.7 Å². The molecule has 0 fully saturated rings. The fourth-order valence-electron chi connectivity index (χ4n) is 0.681. The molecule has 0 heterocycles. The fraction of sp³-hybridized carbons (Fsp3) is 1.00. The second-order valence-corrected chi connectivity index (χ2v) is 7.17. The van der Waals surface area contributed by atoms with Gasteiger partial charge in [-0.2, -0.15) is 0 Å². The van der Waals surface area contributed by atoms with Crippen molar-refractivity contribution in [2.45, 2.75) is 12.6 Å². The summed E-state index contributed by atoms with van der Waals surface area (Å²) in [5.74, 6) is 0. The number of halogens is 9. The van der Waals surface area contributed by atoms with Crippen molar-refractivity contribution in [3.63, 3.8) is 0 Å². The molecular weight excluding hydrogens is 294 g/mol. The van der Waals surface area contributed by atoms with Crippen LogP contribution in [0.1, 0.15) is 0 Å². The van der Waals surface area contributed by atoms with Crippen molar-refractivity contribution in [2.24, 2.45) is 0 Å². The minimum absolute atomic E-state index is 0.329. The number of rotatable bonds is 2. The van der Waals surface area contributed by atoms with Crippen molar-refractivity contribution < 1.29 is 34.7 Å². The zero-order chi connectivity index (χ0) is 13.6. The first kappa shape index (κ1) is 16.1. The molecule has 0 aliphatic heterocycles. The van der Waals surface area contributed by atoms with E-state index in [1.165, 1.54) is 0 Å². The van der Waals surface area contributed by atoms with Crippen molar-refractivity contribution in [1.29, 1.82) is 0 Å². The van der Waals surface area contributed by atoms with Crippen LogP contribution in [-0.4, -0.2) is 36.0 Å². The molecule has 0 rings (SSSR count). The van der Waals surface area contributed by atoms with Gasteiger partial charge in [0.25, 0.3) is 0 Å². The number of nitrogens with zero attached hydrogens (tertiary/aromatic N) is 2. The summed E-state index contributed by atoms with van der Waals surface area (Å²) in [6.45, 7) is -7.77. The van der Waals surface area contributed by atoms with Crippen LogP contribution < -0.4 is 0 Å². The van der Waals surface area contributed by atoms with Gasteiger partial charge in [-0.05, 0) is 0 Å². The summed E-state index contributed by atoms with van der Waals surface area (Å²) < 4.78 is 94.8. The molecule has 0 N–H and O–H groups in total. The van der Waals surface area contributed by atoms with Gasteiger partial charge >= 0.3 is 88.9 Å². The molecule has 0 atom stereocenters. The van der Waals surface area contributed by atoms with Crippen molar-refractivity contribution in [1.82, 2.24) is 9.34 Å². The number of alkyl halides is 6. The summed E-state index contributed by atoms with van der Waals surface area (Å²) in [6.07, 6.45) is -12.7. The Morgan fingerprint density at radius 3 is 1.19 bits per heavy atom. The average molecular weight is 301 g/mol. The van der Waals surface area contributed by atoms with Gasteiger partial charge in [0.2, 0.25) is 0 Å². The average Bonchev–Trinajstić information content (AvgIpc) is 1.73. The standard InChI is InChI=1S/C4H6ClF8N2P/c1-14(2)16(5,12,13)15(3(6,7)8)4(9,10)11/h1-2H3. The van der Waals surface area contributed by atoms with Crippen LogP contribution in [0.15, 0.2) is 0 Å². The Labute approximate surface area is 89.8 Å². The third kappa shape index (κ3) is 3.06. The molecule has 0 radical (unpaired) electrons. The molecule has 0 aromatic heterocycles. The Hall–Kier alpha value is 0.0800. The molecule has 0 aliphatic carbocycles. The van der Waals surface area contributed by atoms with Gasteiger partial charge in [0.15, 0.2) is 0 Å². The number of hydrogen-bond donors (Lipinski definition) is 0. The Morgan fingerprint density at radius 1 is 0.875 bits per heavy atom. The normalized spacial score (nSPS) is 17.7. The SMILES string of the molecule is CN(C)P(F)(F)(Cl)N(C(F)(F)F)C(F)(F)F. The molecule has 0 aromatic carbocycles. The Morgan fingerprint density at radius 2 is 1.12 bits per heavy atom. The zero-order valence-corrected chi connectivity index (χ0v) is 9.39. The van der Waals surface area contributed by atoms with Crippen molar-refractivity contribution in [3.8, 4) is 0 Å². The van der Waals surface area contributed by atoms with Gasteiger partial charge in [0.1, 0.15) is 0 Å². The molecule has 0 bridgehead atoms. The first-order chi connectivity index (χ1) is 6.59. The second-order valence-electron chi connectivity index (χ2n) is 2.83. The van der Waals surface area contributed by atoms with Gasteiger partial charge in [-0.25, -0.2) is 0 Å². The van der Waals surface area contributed by atoms with Gasteiger partial charge in [-0.1, -0.05) is 0 Å². The maximum absolute atomic E-state index is 13.2. The molecule has 0 spiro atoms. The molecule has 0 aliphatic rings. The molecule has 12 heteroatoms. The van der Waals surface area contributed by atoms with E-state index < -0.39 is 28.8 Å². The predicted molar refractivity (Wildman–Crippen MR) is 42.6 cm³/mol. The van der Waals surface area contributed by atoms with E-state index in [-0.39, 0.29) is 0 Å². The topological polar surface area (TPSA) is 6.48 Å². The maximum atomic E-state index is 13.2. The van der Waals surface area contributed by atoms with E-state index in [9.17, 15) is 34.7 Å². The van der Waals surface area contributed by atoms with Crippen LogP contribution in [0.2, 0.25) is 0 Å². The van der Waals surface area contributed by atoms with E-state index in [2.05, 4.69) is 11.2 Å². The molecule has 0 amide bonds. The first-order valence-electron chi connectivity index (χ1n) is 3.38. The van der Waals surface area contributed by atoms with E-state index in [4.69, 9.17) is 0 Å². The van der Waals surface area contributed by atoms with Gasteiger partial charge in [0.05, 0.1) is 0 Å². The molecule has 100 valence electrons. The second kappa shape index (κ2) is 3.79. The molecule has 2 nitrogen and oxygen atoms in total. The third-order valence-corrected chi connectivity index (χ3v) is 5.14. The van der Waals surface area contributed by atoms with E-state index in [1.54, 1.807) is 0 Å². The van der Waals surface area contributed by atoms with Crippen molar-refractivity contribution in [2.75, 3.05) is 14.1 Å². The Kier molecular flexibility index (Phi) is 3.81. The van der Waals surface area contributed by atoms with Crippen LogP contribution in [0.5, 0.6) is 0 Å². The zero-order valence-electron chi connectivity index (χ0n) is 7.74. The molecule has 0 unspecified atom stereocenters. The molecular formula is C4H6ClF8N2P. The molecule has 0 aromatic rings. The summed E-state index contributed by atoms with van der Waals surface area (Å²) in [7, 11) is 0.657. The van der Waals surface area contributed by atoms with Gasteiger partial charge in [-0.3, -0.25) is 0 Å². The summed E-state index contributed by atoms with van der Waals surface area (Å²) in [4.78, 5) is 0. The van der Waals surface area contributed by atoms with Gasteiger partial charge in [0, 0.05) is 0 Å². The van der Waals surface area contributed by atoms with Crippen LogP contribution >= 0.6 is 18.1 Å². The summed E-state index contributed by atoms with van der Waals surface area (Å²) >= 11 is 4.27. The minimum atomic E-state index is -7.77. The van der Waals surface area contributed by atoms with Crippen LogP contribution in [-0.2, 0) is 0 Å². The van der Waals surface area contributed by atoms with Crippen LogP contribution in [0.3, 0.4) is 0 Å². The van der Waals surface area contributed by atoms with E-state index >= 15 is 0 Å². The van der Waals surface area contributed by atoms with Gasteiger partial charge in [-0.15, -0.1) is 0 Å². The molecule has 0 saturated carbocycles. The molecule has 16 heavy (non-hydrogen) atoms. The fourth-order valence-corrected chi connectivity index (χ4v) is 2.27. The summed E-state index contributed by atoms with van der Waals surface area (Å²) in [6, 6.07) is 0. The van der Waals surface area contributed by atoms with Gasteiger partial charge < -0.3 is 0 Å². The van der Waals surface area contributed by atoms with Crippen molar-refractivity contribution in [3.05, 3.63) is 0 Å². The van der Waals surface area contributed by atoms with E-state index in [0.717, 1.165) is 0 Å². The number of hydrogen-bond acceptors (Lipinski definition) is 2. The van der Waals surface area contributed by atoms with E-state index in [1.807, 2.05) is 0 Å². The Balaban J connectivity index is 5.75. The summed E-state index contributed by atoms with van der Waals surface area (Å²) in [5, 5.41) is 0. The monoisotopic (exact) mass is 300 g/mol. The van der Waals surface area contributed by atoms with Crippen LogP contribution in [0.25, 0.3) is 0 Å². The first-order valence-corrected chi connectivity index (χ1v) is 6.21.